The Labute approximate surface area is 98.6 Å². The molecule has 1 aromatic rings. The molecule has 3 N–H and O–H groups in total. The third-order valence-corrected chi connectivity index (χ3v) is 2.15. The number of aliphatic hydroxyl groups excluding tert-OH is 1. The second-order valence-corrected chi connectivity index (χ2v) is 3.48. The van der Waals surface area contributed by atoms with Gasteiger partial charge in [0.25, 0.3) is 0 Å². The highest BCUT2D eigenvalue weighted by atomic mass is 35.5. The second-order valence-electron chi connectivity index (χ2n) is 2.73. The number of hydrogen-bond acceptors (Lipinski definition) is 3. The van der Waals surface area contributed by atoms with E-state index in [1.54, 1.807) is 12.1 Å². The van der Waals surface area contributed by atoms with E-state index in [1.807, 2.05) is 0 Å². The molecule has 0 saturated carbocycles. The molecule has 6 heteroatoms. The Morgan fingerprint density at radius 3 is 2.57 bits per heavy atom. The van der Waals surface area contributed by atoms with Crippen molar-refractivity contribution < 1.29 is 5.11 Å². The van der Waals surface area contributed by atoms with Crippen LogP contribution in [0, 0.1) is 0 Å². The van der Waals surface area contributed by atoms with Crippen LogP contribution in [0.3, 0.4) is 0 Å². The first-order valence-corrected chi connectivity index (χ1v) is 4.56. The highest BCUT2D eigenvalue weighted by Gasteiger charge is 2.07. The van der Waals surface area contributed by atoms with Crippen LogP contribution in [-0.2, 0) is 6.42 Å². The van der Waals surface area contributed by atoms with Crippen LogP contribution in [-0.4, -0.2) is 22.7 Å². The third kappa shape index (κ3) is 3.98. The molecule has 0 saturated heterocycles. The predicted octanol–water partition coefficient (Wildman–Crippen LogP) is 1.67. The molecule has 3 nitrogen and oxygen atoms in total. The van der Waals surface area contributed by atoms with Gasteiger partial charge in [-0.3, -0.25) is 0 Å². The summed E-state index contributed by atoms with van der Waals surface area (Å²) in [5.41, 5.74) is 6.34. The lowest BCUT2D eigenvalue weighted by Crippen LogP contribution is -2.27. The predicted molar refractivity (Wildman–Crippen MR) is 60.3 cm³/mol. The molecule has 1 aromatic heterocycles. The fraction of sp³-hybridized carbons (Fsp3) is 0.375. The van der Waals surface area contributed by atoms with Crippen LogP contribution in [0.15, 0.2) is 12.1 Å². The van der Waals surface area contributed by atoms with Crippen molar-refractivity contribution in [1.29, 1.82) is 0 Å². The maximum atomic E-state index is 8.73. The molecule has 80 valence electrons. The first kappa shape index (κ1) is 13.9. The van der Waals surface area contributed by atoms with Crippen LogP contribution >= 0.6 is 35.6 Å². The summed E-state index contributed by atoms with van der Waals surface area (Å²) < 4.78 is 0. The Balaban J connectivity index is 0.00000169. The molecule has 0 fully saturated rings. The molecular formula is C8H11Cl3N2O. The molecule has 0 aromatic carbocycles. The minimum Gasteiger partial charge on any atom is -0.395 e. The van der Waals surface area contributed by atoms with E-state index >= 15 is 0 Å². The lowest BCUT2D eigenvalue weighted by molar-refractivity contribution is 0.265. The number of pyridine rings is 1. The van der Waals surface area contributed by atoms with E-state index in [1.165, 1.54) is 0 Å². The average Bonchev–Trinajstić information content (AvgIpc) is 2.09. The lowest BCUT2D eigenvalue weighted by Gasteiger charge is -2.08. The lowest BCUT2D eigenvalue weighted by atomic mass is 10.1. The van der Waals surface area contributed by atoms with Crippen molar-refractivity contribution in [1.82, 2.24) is 4.98 Å². The van der Waals surface area contributed by atoms with Crippen molar-refractivity contribution in [3.63, 3.8) is 0 Å². The Kier molecular flexibility index (Phi) is 6.40. The van der Waals surface area contributed by atoms with E-state index in [0.29, 0.717) is 16.7 Å². The first-order chi connectivity index (χ1) is 6.13. The van der Waals surface area contributed by atoms with Gasteiger partial charge in [-0.2, -0.15) is 0 Å². The minimum absolute atomic E-state index is 0. The average molecular weight is 258 g/mol. The van der Waals surface area contributed by atoms with E-state index < -0.39 is 0 Å². The fourth-order valence-corrected chi connectivity index (χ4v) is 1.36. The number of aliphatic hydroxyl groups is 1. The maximum absolute atomic E-state index is 8.73. The first-order valence-electron chi connectivity index (χ1n) is 3.81. The summed E-state index contributed by atoms with van der Waals surface area (Å²) >= 11 is 11.4. The van der Waals surface area contributed by atoms with Crippen LogP contribution in [0.4, 0.5) is 0 Å². The van der Waals surface area contributed by atoms with E-state index in [2.05, 4.69) is 4.98 Å². The number of aromatic nitrogens is 1. The van der Waals surface area contributed by atoms with Crippen molar-refractivity contribution >= 4 is 35.6 Å². The highest BCUT2D eigenvalue weighted by molar-refractivity contribution is 6.32. The number of nitrogens with two attached hydrogens (primary N) is 1. The van der Waals surface area contributed by atoms with Crippen LogP contribution in [0.25, 0.3) is 0 Å². The summed E-state index contributed by atoms with van der Waals surface area (Å²) in [4.78, 5) is 3.85. The molecular weight excluding hydrogens is 246 g/mol. The molecule has 0 aliphatic heterocycles. The van der Waals surface area contributed by atoms with Gasteiger partial charge in [0.05, 0.1) is 6.61 Å². The summed E-state index contributed by atoms with van der Waals surface area (Å²) in [7, 11) is 0. The zero-order valence-corrected chi connectivity index (χ0v) is 9.61. The molecule has 0 spiro atoms. The van der Waals surface area contributed by atoms with E-state index in [4.69, 9.17) is 34.0 Å². The Bertz CT molecular complexity index is 296. The van der Waals surface area contributed by atoms with Gasteiger partial charge in [0.1, 0.15) is 10.3 Å². The van der Waals surface area contributed by atoms with Gasteiger partial charge in [-0.05, 0) is 18.1 Å². The summed E-state index contributed by atoms with van der Waals surface area (Å²) in [5.74, 6) is 0. The summed E-state index contributed by atoms with van der Waals surface area (Å²) in [6, 6.07) is 3.10. The van der Waals surface area contributed by atoms with Crippen LogP contribution in [0.1, 0.15) is 5.56 Å². The number of hydrogen-bond donors (Lipinski definition) is 2. The standard InChI is InChI=1S/C8H10Cl2N2O.ClH/c9-7-2-1-5(8(10)12-7)3-6(11)4-13;/h1-2,6,13H,3-4,11H2;1H. The van der Waals surface area contributed by atoms with Gasteiger partial charge in [-0.1, -0.05) is 29.3 Å². The molecule has 0 amide bonds. The smallest absolute Gasteiger partial charge is 0.134 e. The molecule has 0 radical (unpaired) electrons. The monoisotopic (exact) mass is 256 g/mol. The van der Waals surface area contributed by atoms with Crippen LogP contribution in [0.2, 0.25) is 10.3 Å². The summed E-state index contributed by atoms with van der Waals surface area (Å²) in [6.45, 7) is -0.0705. The molecule has 1 heterocycles. The summed E-state index contributed by atoms with van der Waals surface area (Å²) in [6.07, 6.45) is 0.500. The Morgan fingerprint density at radius 1 is 1.43 bits per heavy atom. The summed E-state index contributed by atoms with van der Waals surface area (Å²) in [5, 5.41) is 9.42. The molecule has 1 rings (SSSR count). The highest BCUT2D eigenvalue weighted by Crippen LogP contribution is 2.17. The quantitative estimate of drug-likeness (QED) is 0.810. The maximum Gasteiger partial charge on any atom is 0.134 e. The minimum atomic E-state index is -0.305. The van der Waals surface area contributed by atoms with Crippen molar-refractivity contribution in [2.75, 3.05) is 6.61 Å². The van der Waals surface area contributed by atoms with E-state index in [-0.39, 0.29) is 25.1 Å². The third-order valence-electron chi connectivity index (χ3n) is 1.61. The number of nitrogens with zero attached hydrogens (tertiary/aromatic N) is 1. The molecule has 0 bridgehead atoms. The molecule has 0 aliphatic carbocycles. The van der Waals surface area contributed by atoms with Gasteiger partial charge >= 0.3 is 0 Å². The number of halogens is 3. The van der Waals surface area contributed by atoms with Gasteiger partial charge < -0.3 is 10.8 Å². The van der Waals surface area contributed by atoms with Gasteiger partial charge in [0, 0.05) is 6.04 Å². The largest absolute Gasteiger partial charge is 0.395 e. The molecule has 14 heavy (non-hydrogen) atoms. The molecule has 1 unspecified atom stereocenters. The van der Waals surface area contributed by atoms with E-state index in [0.717, 1.165) is 5.56 Å². The Morgan fingerprint density at radius 2 is 2.07 bits per heavy atom. The zero-order valence-electron chi connectivity index (χ0n) is 7.28. The molecule has 0 aliphatic rings. The van der Waals surface area contributed by atoms with E-state index in [9.17, 15) is 0 Å². The van der Waals surface area contributed by atoms with Crippen molar-refractivity contribution in [2.45, 2.75) is 12.5 Å². The molecule has 1 atom stereocenters. The topological polar surface area (TPSA) is 59.1 Å². The Hall–Kier alpha value is -0.0600. The fourth-order valence-electron chi connectivity index (χ4n) is 0.940. The van der Waals surface area contributed by atoms with Gasteiger partial charge in [-0.15, -0.1) is 12.4 Å². The van der Waals surface area contributed by atoms with Crippen molar-refractivity contribution in [3.05, 3.63) is 28.0 Å². The van der Waals surface area contributed by atoms with Gasteiger partial charge in [-0.25, -0.2) is 4.98 Å². The SMILES string of the molecule is Cl.NC(CO)Cc1ccc(Cl)nc1Cl. The van der Waals surface area contributed by atoms with Crippen molar-refractivity contribution in [2.24, 2.45) is 5.73 Å². The van der Waals surface area contributed by atoms with Crippen molar-refractivity contribution in [3.8, 4) is 0 Å². The second kappa shape index (κ2) is 6.43. The zero-order chi connectivity index (χ0) is 9.84. The van der Waals surface area contributed by atoms with Crippen LogP contribution < -0.4 is 5.73 Å². The van der Waals surface area contributed by atoms with Gasteiger partial charge in [0.15, 0.2) is 0 Å². The number of rotatable bonds is 3. The normalized spacial score (nSPS) is 12.0. The van der Waals surface area contributed by atoms with Gasteiger partial charge in [0.2, 0.25) is 0 Å². The van der Waals surface area contributed by atoms with Crippen LogP contribution in [0.5, 0.6) is 0 Å².